The van der Waals surface area contributed by atoms with Gasteiger partial charge in [-0.2, -0.15) is 0 Å². The van der Waals surface area contributed by atoms with Gasteiger partial charge in [-0.05, 0) is 18.8 Å². The van der Waals surface area contributed by atoms with Gasteiger partial charge in [0.25, 0.3) is 0 Å². The molecule has 2 aliphatic heterocycles. The van der Waals surface area contributed by atoms with Crippen LogP contribution in [-0.2, 0) is 0 Å². The fourth-order valence-corrected chi connectivity index (χ4v) is 3.09. The maximum atomic E-state index is 9.95. The standard InChI is InChI=1S/C11H21NO3/c1-2-3-7-4-8(13)10-11(15)9(14)6-12(10)5-7/h7-11,13-15H,2-6H2,1H3/t7-,8+,9+,10+,11+/m0/s1. The van der Waals surface area contributed by atoms with Crippen LogP contribution < -0.4 is 0 Å². The maximum Gasteiger partial charge on any atom is 0.0991 e. The highest BCUT2D eigenvalue weighted by molar-refractivity contribution is 5.01. The predicted octanol–water partition coefficient (Wildman–Crippen LogP) is -0.427. The normalized spacial score (nSPS) is 46.8. The molecule has 0 aliphatic carbocycles. The van der Waals surface area contributed by atoms with Crippen molar-refractivity contribution in [3.8, 4) is 0 Å². The average molecular weight is 215 g/mol. The smallest absolute Gasteiger partial charge is 0.0991 e. The minimum atomic E-state index is -0.775. The van der Waals surface area contributed by atoms with Crippen molar-refractivity contribution in [1.82, 2.24) is 4.90 Å². The average Bonchev–Trinajstić information content (AvgIpc) is 2.43. The lowest BCUT2D eigenvalue weighted by molar-refractivity contribution is -0.0439. The van der Waals surface area contributed by atoms with Gasteiger partial charge >= 0.3 is 0 Å². The molecule has 0 spiro atoms. The molecule has 2 aliphatic rings. The minimum Gasteiger partial charge on any atom is -0.391 e. The van der Waals surface area contributed by atoms with Crippen molar-refractivity contribution in [2.24, 2.45) is 5.92 Å². The number of hydrogen-bond donors (Lipinski definition) is 3. The zero-order valence-electron chi connectivity index (χ0n) is 9.21. The van der Waals surface area contributed by atoms with Crippen molar-refractivity contribution in [2.45, 2.75) is 50.5 Å². The van der Waals surface area contributed by atoms with E-state index in [0.717, 1.165) is 25.8 Å². The number of aliphatic hydroxyl groups excluding tert-OH is 3. The molecular weight excluding hydrogens is 194 g/mol. The Hall–Kier alpha value is -0.160. The Balaban J connectivity index is 2.02. The number of piperidine rings is 1. The SMILES string of the molecule is CCC[C@H]1C[C@@H](O)[C@@H]2[C@H](O)[C@H](O)CN2C1. The van der Waals surface area contributed by atoms with Gasteiger partial charge in [0, 0.05) is 13.1 Å². The molecule has 2 heterocycles. The number of fused-ring (bicyclic) bond motifs is 1. The van der Waals surface area contributed by atoms with Crippen molar-refractivity contribution >= 4 is 0 Å². The van der Waals surface area contributed by atoms with Crippen LogP contribution >= 0.6 is 0 Å². The predicted molar refractivity (Wildman–Crippen MR) is 56.4 cm³/mol. The van der Waals surface area contributed by atoms with Crippen LogP contribution in [0.25, 0.3) is 0 Å². The van der Waals surface area contributed by atoms with Gasteiger partial charge < -0.3 is 15.3 Å². The zero-order valence-corrected chi connectivity index (χ0v) is 9.21. The van der Waals surface area contributed by atoms with Crippen molar-refractivity contribution in [3.05, 3.63) is 0 Å². The number of hydrogen-bond acceptors (Lipinski definition) is 4. The highest BCUT2D eigenvalue weighted by Gasteiger charge is 2.47. The summed E-state index contributed by atoms with van der Waals surface area (Å²) in [4.78, 5) is 2.05. The van der Waals surface area contributed by atoms with Gasteiger partial charge in [0.15, 0.2) is 0 Å². The Morgan fingerprint density at radius 2 is 1.87 bits per heavy atom. The van der Waals surface area contributed by atoms with Gasteiger partial charge in [-0.15, -0.1) is 0 Å². The molecule has 88 valence electrons. The topological polar surface area (TPSA) is 63.9 Å². The van der Waals surface area contributed by atoms with Gasteiger partial charge in [0.2, 0.25) is 0 Å². The van der Waals surface area contributed by atoms with Gasteiger partial charge in [-0.1, -0.05) is 13.3 Å². The molecule has 0 aromatic heterocycles. The fraction of sp³-hybridized carbons (Fsp3) is 1.00. The highest BCUT2D eigenvalue weighted by Crippen LogP contribution is 2.32. The zero-order chi connectivity index (χ0) is 11.0. The van der Waals surface area contributed by atoms with E-state index in [4.69, 9.17) is 0 Å². The summed E-state index contributed by atoms with van der Waals surface area (Å²) in [6, 6.07) is -0.242. The maximum absolute atomic E-state index is 9.95. The molecule has 0 bridgehead atoms. The first-order valence-corrected chi connectivity index (χ1v) is 5.91. The van der Waals surface area contributed by atoms with Gasteiger partial charge in [-0.3, -0.25) is 4.90 Å². The van der Waals surface area contributed by atoms with Crippen LogP contribution in [0.2, 0.25) is 0 Å². The first-order chi connectivity index (χ1) is 7.13. The van der Waals surface area contributed by atoms with Gasteiger partial charge in [0.05, 0.1) is 24.4 Å². The summed E-state index contributed by atoms with van der Waals surface area (Å²) in [7, 11) is 0. The van der Waals surface area contributed by atoms with E-state index < -0.39 is 18.3 Å². The second kappa shape index (κ2) is 4.37. The third-order valence-electron chi connectivity index (χ3n) is 3.75. The largest absolute Gasteiger partial charge is 0.391 e. The molecule has 2 saturated heterocycles. The molecule has 0 saturated carbocycles. The van der Waals surface area contributed by atoms with Crippen molar-refractivity contribution in [3.63, 3.8) is 0 Å². The van der Waals surface area contributed by atoms with Crippen LogP contribution in [0.5, 0.6) is 0 Å². The van der Waals surface area contributed by atoms with Crippen LogP contribution in [0.4, 0.5) is 0 Å². The molecule has 0 aromatic carbocycles. The molecule has 3 N–H and O–H groups in total. The molecule has 0 radical (unpaired) electrons. The fourth-order valence-electron chi connectivity index (χ4n) is 3.09. The summed E-state index contributed by atoms with van der Waals surface area (Å²) in [5, 5.41) is 29.2. The van der Waals surface area contributed by atoms with E-state index in [2.05, 4.69) is 6.92 Å². The first kappa shape index (κ1) is 11.3. The second-order valence-electron chi connectivity index (χ2n) is 4.96. The monoisotopic (exact) mass is 215 g/mol. The highest BCUT2D eigenvalue weighted by atomic mass is 16.3. The Bertz CT molecular complexity index is 224. The summed E-state index contributed by atoms with van der Waals surface area (Å²) in [5.74, 6) is 0.513. The van der Waals surface area contributed by atoms with Crippen LogP contribution in [0.15, 0.2) is 0 Å². The van der Waals surface area contributed by atoms with Gasteiger partial charge in [0.1, 0.15) is 0 Å². The Morgan fingerprint density at radius 1 is 1.13 bits per heavy atom. The summed E-state index contributed by atoms with van der Waals surface area (Å²) in [6.07, 6.45) is 1.06. The number of aliphatic hydroxyl groups is 3. The molecule has 0 aromatic rings. The third-order valence-corrected chi connectivity index (χ3v) is 3.75. The van der Waals surface area contributed by atoms with E-state index in [1.54, 1.807) is 0 Å². The van der Waals surface area contributed by atoms with E-state index in [0.29, 0.717) is 12.5 Å². The summed E-state index contributed by atoms with van der Waals surface area (Å²) < 4.78 is 0. The van der Waals surface area contributed by atoms with Crippen LogP contribution in [0, 0.1) is 5.92 Å². The Morgan fingerprint density at radius 3 is 2.53 bits per heavy atom. The van der Waals surface area contributed by atoms with Crippen LogP contribution in [-0.4, -0.2) is 57.7 Å². The number of rotatable bonds is 2. The Kier molecular flexibility index (Phi) is 3.30. The molecule has 2 fully saturated rings. The quantitative estimate of drug-likeness (QED) is 0.585. The summed E-state index contributed by atoms with van der Waals surface area (Å²) >= 11 is 0. The van der Waals surface area contributed by atoms with Crippen LogP contribution in [0.1, 0.15) is 26.2 Å². The molecule has 2 rings (SSSR count). The van der Waals surface area contributed by atoms with E-state index in [-0.39, 0.29) is 6.04 Å². The molecular formula is C11H21NO3. The van der Waals surface area contributed by atoms with E-state index >= 15 is 0 Å². The Labute approximate surface area is 90.5 Å². The van der Waals surface area contributed by atoms with E-state index in [1.807, 2.05) is 4.90 Å². The number of nitrogens with zero attached hydrogens (tertiary/aromatic N) is 1. The lowest BCUT2D eigenvalue weighted by Gasteiger charge is -2.39. The summed E-state index contributed by atoms with van der Waals surface area (Å²) in [6.45, 7) is 3.55. The second-order valence-corrected chi connectivity index (χ2v) is 4.96. The van der Waals surface area contributed by atoms with Crippen molar-refractivity contribution in [2.75, 3.05) is 13.1 Å². The van der Waals surface area contributed by atoms with E-state index in [1.165, 1.54) is 0 Å². The minimum absolute atomic E-state index is 0.242. The molecule has 4 heteroatoms. The van der Waals surface area contributed by atoms with Crippen LogP contribution in [0.3, 0.4) is 0 Å². The molecule has 0 unspecified atom stereocenters. The lowest BCUT2D eigenvalue weighted by atomic mass is 9.87. The molecule has 4 nitrogen and oxygen atoms in total. The first-order valence-electron chi connectivity index (χ1n) is 5.91. The molecule has 0 amide bonds. The molecule has 15 heavy (non-hydrogen) atoms. The van der Waals surface area contributed by atoms with Gasteiger partial charge in [-0.25, -0.2) is 0 Å². The van der Waals surface area contributed by atoms with E-state index in [9.17, 15) is 15.3 Å². The van der Waals surface area contributed by atoms with Crippen molar-refractivity contribution < 1.29 is 15.3 Å². The summed E-state index contributed by atoms with van der Waals surface area (Å²) in [5.41, 5.74) is 0. The molecule has 5 atom stereocenters. The lowest BCUT2D eigenvalue weighted by Crippen LogP contribution is -2.51. The van der Waals surface area contributed by atoms with Crippen molar-refractivity contribution in [1.29, 1.82) is 0 Å². The third kappa shape index (κ3) is 2.04.